The molecule has 0 N–H and O–H groups in total. The van der Waals surface area contributed by atoms with E-state index < -0.39 is 0 Å². The van der Waals surface area contributed by atoms with Crippen molar-refractivity contribution in [2.45, 2.75) is 6.54 Å². The fourth-order valence-electron chi connectivity index (χ4n) is 3.28. The second kappa shape index (κ2) is 8.10. The Labute approximate surface area is 169 Å². The maximum atomic E-state index is 13.3. The molecule has 0 saturated heterocycles. The van der Waals surface area contributed by atoms with Gasteiger partial charge in [0, 0.05) is 36.9 Å². The van der Waals surface area contributed by atoms with E-state index in [0.29, 0.717) is 12.1 Å². The summed E-state index contributed by atoms with van der Waals surface area (Å²) in [7, 11) is 3.44. The van der Waals surface area contributed by atoms with Gasteiger partial charge in [0.15, 0.2) is 0 Å². The van der Waals surface area contributed by atoms with Gasteiger partial charge in [0.1, 0.15) is 5.75 Å². The zero-order valence-corrected chi connectivity index (χ0v) is 16.4. The minimum absolute atomic E-state index is 0.0709. The average Bonchev–Trinajstić information content (AvgIpc) is 2.79. The van der Waals surface area contributed by atoms with Crippen molar-refractivity contribution < 1.29 is 9.53 Å². The number of methoxy groups -OCH3 is 1. The number of benzene rings is 2. The molecule has 0 saturated carbocycles. The smallest absolute Gasteiger partial charge is 0.254 e. The van der Waals surface area contributed by atoms with Gasteiger partial charge in [-0.15, -0.1) is 0 Å². The fraction of sp³-hybridized carbons (Fsp3) is 0.125. The highest BCUT2D eigenvalue weighted by Crippen LogP contribution is 2.25. The predicted octanol–water partition coefficient (Wildman–Crippen LogP) is 4.58. The van der Waals surface area contributed by atoms with Gasteiger partial charge in [-0.3, -0.25) is 9.78 Å². The summed E-state index contributed by atoms with van der Waals surface area (Å²) in [6, 6.07) is 21.3. The SMILES string of the molecule is COc1ccc(CN(C)C(=O)c2cc(-c3ccccc3)nc3ccncc23)cc1. The van der Waals surface area contributed by atoms with Crippen LogP contribution < -0.4 is 4.74 Å². The largest absolute Gasteiger partial charge is 0.497 e. The molecular formula is C24H21N3O2. The first-order chi connectivity index (χ1) is 14.2. The van der Waals surface area contributed by atoms with Crippen molar-refractivity contribution in [1.29, 1.82) is 0 Å². The van der Waals surface area contributed by atoms with Crippen LogP contribution in [-0.2, 0) is 6.54 Å². The monoisotopic (exact) mass is 383 g/mol. The predicted molar refractivity (Wildman–Crippen MR) is 114 cm³/mol. The Bertz CT molecular complexity index is 1140. The number of ether oxygens (including phenoxy) is 1. The number of carbonyl (C=O) groups excluding carboxylic acids is 1. The van der Waals surface area contributed by atoms with E-state index in [-0.39, 0.29) is 5.91 Å². The number of aromatic nitrogens is 2. The number of hydrogen-bond donors (Lipinski definition) is 0. The number of fused-ring (bicyclic) bond motifs is 1. The minimum atomic E-state index is -0.0709. The zero-order valence-electron chi connectivity index (χ0n) is 16.4. The third-order valence-electron chi connectivity index (χ3n) is 4.84. The van der Waals surface area contributed by atoms with Gasteiger partial charge in [-0.1, -0.05) is 42.5 Å². The van der Waals surface area contributed by atoms with Crippen LogP contribution in [-0.4, -0.2) is 34.9 Å². The van der Waals surface area contributed by atoms with Crippen LogP contribution in [0, 0.1) is 0 Å². The second-order valence-corrected chi connectivity index (χ2v) is 6.82. The quantitative estimate of drug-likeness (QED) is 0.506. The topological polar surface area (TPSA) is 55.3 Å². The van der Waals surface area contributed by atoms with Crippen molar-refractivity contribution in [1.82, 2.24) is 14.9 Å². The molecule has 0 bridgehead atoms. The molecule has 0 fully saturated rings. The van der Waals surface area contributed by atoms with Gasteiger partial charge in [0.2, 0.25) is 0 Å². The highest BCUT2D eigenvalue weighted by atomic mass is 16.5. The number of hydrogen-bond acceptors (Lipinski definition) is 4. The first kappa shape index (κ1) is 18.6. The van der Waals surface area contributed by atoms with Gasteiger partial charge in [-0.05, 0) is 29.8 Å². The molecular weight excluding hydrogens is 362 g/mol. The molecule has 4 rings (SSSR count). The number of rotatable bonds is 5. The van der Waals surface area contributed by atoms with Crippen LogP contribution in [0.15, 0.2) is 79.1 Å². The number of amides is 1. The molecule has 0 radical (unpaired) electrons. The van der Waals surface area contributed by atoms with E-state index in [1.807, 2.05) is 66.7 Å². The van der Waals surface area contributed by atoms with Crippen LogP contribution in [0.3, 0.4) is 0 Å². The lowest BCUT2D eigenvalue weighted by atomic mass is 10.0. The maximum Gasteiger partial charge on any atom is 0.254 e. The molecule has 0 aliphatic rings. The molecule has 2 aromatic heterocycles. The summed E-state index contributed by atoms with van der Waals surface area (Å²) in [4.78, 5) is 23.9. The van der Waals surface area contributed by atoms with E-state index in [4.69, 9.17) is 9.72 Å². The van der Waals surface area contributed by atoms with Crippen LogP contribution in [0.1, 0.15) is 15.9 Å². The van der Waals surface area contributed by atoms with Crippen LogP contribution >= 0.6 is 0 Å². The fourth-order valence-corrected chi connectivity index (χ4v) is 3.28. The average molecular weight is 383 g/mol. The number of nitrogens with zero attached hydrogens (tertiary/aromatic N) is 3. The van der Waals surface area contributed by atoms with E-state index in [1.54, 1.807) is 31.5 Å². The van der Waals surface area contributed by atoms with E-state index in [1.165, 1.54) is 0 Å². The molecule has 0 atom stereocenters. The first-order valence-corrected chi connectivity index (χ1v) is 9.34. The van der Waals surface area contributed by atoms with Crippen molar-refractivity contribution in [2.75, 3.05) is 14.2 Å². The molecule has 5 nitrogen and oxygen atoms in total. The van der Waals surface area contributed by atoms with Crippen molar-refractivity contribution in [3.05, 3.63) is 90.3 Å². The minimum Gasteiger partial charge on any atom is -0.497 e. The summed E-state index contributed by atoms with van der Waals surface area (Å²) in [5.41, 5.74) is 4.12. The van der Waals surface area contributed by atoms with E-state index >= 15 is 0 Å². The molecule has 144 valence electrons. The zero-order chi connectivity index (χ0) is 20.2. The van der Waals surface area contributed by atoms with E-state index in [0.717, 1.165) is 33.5 Å². The van der Waals surface area contributed by atoms with Crippen molar-refractivity contribution in [3.8, 4) is 17.0 Å². The van der Waals surface area contributed by atoms with Gasteiger partial charge < -0.3 is 9.64 Å². The highest BCUT2D eigenvalue weighted by Gasteiger charge is 2.18. The molecule has 4 aromatic rings. The Kier molecular flexibility index (Phi) is 5.20. The van der Waals surface area contributed by atoms with Crippen LogP contribution in [0.4, 0.5) is 0 Å². The molecule has 5 heteroatoms. The molecule has 29 heavy (non-hydrogen) atoms. The third kappa shape index (κ3) is 3.94. The second-order valence-electron chi connectivity index (χ2n) is 6.82. The Balaban J connectivity index is 1.70. The Morgan fingerprint density at radius 1 is 1.03 bits per heavy atom. The maximum absolute atomic E-state index is 13.3. The van der Waals surface area contributed by atoms with Gasteiger partial charge >= 0.3 is 0 Å². The lowest BCUT2D eigenvalue weighted by Crippen LogP contribution is -2.26. The summed E-state index contributed by atoms with van der Waals surface area (Å²) >= 11 is 0. The molecule has 1 amide bonds. The van der Waals surface area contributed by atoms with E-state index in [9.17, 15) is 4.79 Å². The van der Waals surface area contributed by atoms with Crippen molar-refractivity contribution in [3.63, 3.8) is 0 Å². The summed E-state index contributed by atoms with van der Waals surface area (Å²) < 4.78 is 5.20. The molecule has 2 heterocycles. The number of pyridine rings is 2. The summed E-state index contributed by atoms with van der Waals surface area (Å²) in [6.07, 6.45) is 3.39. The van der Waals surface area contributed by atoms with Gasteiger partial charge in [0.25, 0.3) is 5.91 Å². The molecule has 0 spiro atoms. The third-order valence-corrected chi connectivity index (χ3v) is 4.84. The molecule has 0 aliphatic carbocycles. The molecule has 0 unspecified atom stereocenters. The summed E-state index contributed by atoms with van der Waals surface area (Å²) in [5.74, 6) is 0.722. The summed E-state index contributed by atoms with van der Waals surface area (Å²) in [6.45, 7) is 0.494. The van der Waals surface area contributed by atoms with Crippen LogP contribution in [0.2, 0.25) is 0 Å². The van der Waals surface area contributed by atoms with Crippen LogP contribution in [0.5, 0.6) is 5.75 Å². The Hall–Kier alpha value is -3.73. The summed E-state index contributed by atoms with van der Waals surface area (Å²) in [5, 5.41) is 0.749. The number of carbonyl (C=O) groups is 1. The Morgan fingerprint density at radius 3 is 2.52 bits per heavy atom. The lowest BCUT2D eigenvalue weighted by Gasteiger charge is -2.19. The van der Waals surface area contributed by atoms with Crippen molar-refractivity contribution >= 4 is 16.8 Å². The molecule has 2 aromatic carbocycles. The Morgan fingerprint density at radius 2 is 1.79 bits per heavy atom. The van der Waals surface area contributed by atoms with Crippen molar-refractivity contribution in [2.24, 2.45) is 0 Å². The standard InChI is InChI=1S/C24H21N3O2/c1-27(16-17-8-10-19(29-2)11-9-17)24(28)20-14-23(18-6-4-3-5-7-18)26-22-12-13-25-15-21(20)22/h3-15H,16H2,1-2H3. The van der Waals surface area contributed by atoms with Gasteiger partial charge in [-0.25, -0.2) is 4.98 Å². The van der Waals surface area contributed by atoms with E-state index in [2.05, 4.69) is 4.98 Å². The first-order valence-electron chi connectivity index (χ1n) is 9.34. The van der Waals surface area contributed by atoms with Crippen LogP contribution in [0.25, 0.3) is 22.2 Å². The molecule has 0 aliphatic heterocycles. The van der Waals surface area contributed by atoms with Gasteiger partial charge in [0.05, 0.1) is 23.9 Å². The van der Waals surface area contributed by atoms with Gasteiger partial charge in [-0.2, -0.15) is 0 Å². The normalized spacial score (nSPS) is 10.7. The highest BCUT2D eigenvalue weighted by molar-refractivity contribution is 6.06. The lowest BCUT2D eigenvalue weighted by molar-refractivity contribution is 0.0787.